The third kappa shape index (κ3) is 4.49. The Morgan fingerprint density at radius 2 is 1.89 bits per heavy atom. The van der Waals surface area contributed by atoms with E-state index in [4.69, 9.17) is 11.1 Å². The summed E-state index contributed by atoms with van der Waals surface area (Å²) in [5.74, 6) is -3.68. The van der Waals surface area contributed by atoms with Crippen LogP contribution in [0.1, 0.15) is 15.9 Å². The molecule has 0 saturated carbocycles. The third-order valence-corrected chi connectivity index (χ3v) is 2.46. The molecule has 4 nitrogen and oxygen atoms in total. The van der Waals surface area contributed by atoms with E-state index in [-0.39, 0.29) is 16.0 Å². The lowest BCUT2D eigenvalue weighted by atomic mass is 10.1. The van der Waals surface area contributed by atoms with Crippen LogP contribution in [0.3, 0.4) is 0 Å². The number of carbonyl (C=O) groups is 1. The minimum atomic E-state index is -4.91. The fraction of sp³-hybridized carbons (Fsp3) is 0.111. The summed E-state index contributed by atoms with van der Waals surface area (Å²) in [5.41, 5.74) is 2.49. The van der Waals surface area contributed by atoms with E-state index in [1.807, 2.05) is 0 Å². The molecule has 0 atom stereocenters. The first-order chi connectivity index (χ1) is 8.12. The summed E-state index contributed by atoms with van der Waals surface area (Å²) in [6.07, 6.45) is -4.91. The van der Waals surface area contributed by atoms with Gasteiger partial charge in [-0.1, -0.05) is 0 Å². The highest BCUT2D eigenvalue weighted by molar-refractivity contribution is 14.1. The summed E-state index contributed by atoms with van der Waals surface area (Å²) < 4.78 is 51.1. The van der Waals surface area contributed by atoms with Crippen LogP contribution in [-0.4, -0.2) is 11.9 Å². The average molecular weight is 412 g/mol. The summed E-state index contributed by atoms with van der Waals surface area (Å²) >= 11 is 1.52. The monoisotopic (exact) mass is 411 g/mol. The summed E-state index contributed by atoms with van der Waals surface area (Å²) in [4.78, 5) is 11.4. The molecule has 19 heavy (non-hydrogen) atoms. The summed E-state index contributed by atoms with van der Waals surface area (Å²) in [5, 5.41) is 8.49. The van der Waals surface area contributed by atoms with E-state index in [2.05, 4.69) is 0 Å². The summed E-state index contributed by atoms with van der Waals surface area (Å²) in [7, 11) is 0. The maximum absolute atomic E-state index is 13.6. The molecule has 4 N–H and O–H groups in total. The van der Waals surface area contributed by atoms with Crippen molar-refractivity contribution in [1.82, 2.24) is 5.32 Å². The highest BCUT2D eigenvalue weighted by Gasteiger charge is 2.36. The SMILES string of the molecule is Cl.N=C(N)NC(=O)c1cc(I)cc(C(F)(F)F)c1F. The number of nitrogens with two attached hydrogens (primary N) is 1. The van der Waals surface area contributed by atoms with Crippen LogP contribution in [-0.2, 0) is 6.18 Å². The van der Waals surface area contributed by atoms with Gasteiger partial charge in [0, 0.05) is 3.57 Å². The molecule has 0 aliphatic rings. The van der Waals surface area contributed by atoms with Crippen molar-refractivity contribution < 1.29 is 22.4 Å². The Kier molecular flexibility index (Phi) is 6.00. The van der Waals surface area contributed by atoms with Gasteiger partial charge in [-0.3, -0.25) is 15.5 Å². The largest absolute Gasteiger partial charge is 0.419 e. The molecule has 1 amide bonds. The van der Waals surface area contributed by atoms with Gasteiger partial charge in [-0.25, -0.2) is 4.39 Å². The minimum Gasteiger partial charge on any atom is -0.370 e. The standard InChI is InChI=1S/C9H6F4IN3O.ClH/c10-6-4(7(18)17-8(15)16)1-3(14)2-5(6)9(11,12)13;/h1-2H,(H4,15,16,17,18);1H. The molecule has 0 unspecified atom stereocenters. The Balaban J connectivity index is 0.00000324. The van der Waals surface area contributed by atoms with Crippen LogP contribution in [0.2, 0.25) is 0 Å². The number of guanidine groups is 1. The van der Waals surface area contributed by atoms with Gasteiger partial charge >= 0.3 is 6.18 Å². The Labute approximate surface area is 124 Å². The Morgan fingerprint density at radius 3 is 2.32 bits per heavy atom. The highest BCUT2D eigenvalue weighted by Crippen LogP contribution is 2.33. The minimum absolute atomic E-state index is 0. The van der Waals surface area contributed by atoms with Crippen LogP contribution in [0.25, 0.3) is 0 Å². The van der Waals surface area contributed by atoms with Crippen LogP contribution in [0.15, 0.2) is 12.1 Å². The molecule has 1 aromatic rings. The second-order valence-corrected chi connectivity index (χ2v) is 4.43. The van der Waals surface area contributed by atoms with E-state index in [1.54, 1.807) is 5.32 Å². The zero-order chi connectivity index (χ0) is 14.1. The van der Waals surface area contributed by atoms with Gasteiger partial charge in [0.2, 0.25) is 0 Å². The van der Waals surface area contributed by atoms with Crippen LogP contribution in [0.5, 0.6) is 0 Å². The maximum atomic E-state index is 13.6. The van der Waals surface area contributed by atoms with Crippen molar-refractivity contribution in [2.24, 2.45) is 5.73 Å². The molecule has 1 rings (SSSR count). The molecule has 1 aromatic carbocycles. The number of alkyl halides is 3. The molecule has 106 valence electrons. The number of rotatable bonds is 1. The van der Waals surface area contributed by atoms with E-state index >= 15 is 0 Å². The van der Waals surface area contributed by atoms with Crippen molar-refractivity contribution >= 4 is 46.9 Å². The first-order valence-corrected chi connectivity index (χ1v) is 5.42. The maximum Gasteiger partial charge on any atom is 0.419 e. The molecule has 0 spiro atoms. The molecule has 0 heterocycles. The lowest BCUT2D eigenvalue weighted by Crippen LogP contribution is -2.36. The molecule has 0 aliphatic heterocycles. The summed E-state index contributed by atoms with van der Waals surface area (Å²) in [6.45, 7) is 0. The van der Waals surface area contributed by atoms with Crippen molar-refractivity contribution in [3.8, 4) is 0 Å². The van der Waals surface area contributed by atoms with E-state index < -0.39 is 35.0 Å². The number of carbonyl (C=O) groups excluding carboxylic acids is 1. The fourth-order valence-corrected chi connectivity index (χ4v) is 1.77. The predicted molar refractivity (Wildman–Crippen MR) is 70.7 cm³/mol. The van der Waals surface area contributed by atoms with Crippen molar-refractivity contribution in [3.63, 3.8) is 0 Å². The van der Waals surface area contributed by atoms with Gasteiger partial charge in [0.25, 0.3) is 5.91 Å². The topological polar surface area (TPSA) is 79.0 Å². The Morgan fingerprint density at radius 1 is 1.37 bits per heavy atom. The molecule has 10 heteroatoms. The molecule has 0 radical (unpaired) electrons. The van der Waals surface area contributed by atoms with Crippen molar-refractivity contribution in [2.45, 2.75) is 6.18 Å². The van der Waals surface area contributed by atoms with Gasteiger partial charge in [-0.15, -0.1) is 12.4 Å². The van der Waals surface area contributed by atoms with Crippen molar-refractivity contribution in [1.29, 1.82) is 5.41 Å². The number of amides is 1. The number of nitrogens with one attached hydrogen (secondary N) is 2. The van der Waals surface area contributed by atoms with E-state index in [0.29, 0.717) is 6.07 Å². The second-order valence-electron chi connectivity index (χ2n) is 3.18. The van der Waals surface area contributed by atoms with Gasteiger partial charge in [0.05, 0.1) is 11.1 Å². The van der Waals surface area contributed by atoms with E-state index in [0.717, 1.165) is 6.07 Å². The molecule has 0 fully saturated rings. The van der Waals surface area contributed by atoms with Crippen LogP contribution < -0.4 is 11.1 Å². The number of halogens is 6. The highest BCUT2D eigenvalue weighted by atomic mass is 127. The smallest absolute Gasteiger partial charge is 0.370 e. The van der Waals surface area contributed by atoms with E-state index in [1.165, 1.54) is 22.6 Å². The second kappa shape index (κ2) is 6.37. The number of hydrogen-bond acceptors (Lipinski definition) is 2. The molecule has 0 saturated heterocycles. The molecular weight excluding hydrogens is 404 g/mol. The number of hydrogen-bond donors (Lipinski definition) is 3. The van der Waals surface area contributed by atoms with Crippen LogP contribution in [0, 0.1) is 14.8 Å². The lowest BCUT2D eigenvalue weighted by molar-refractivity contribution is -0.140. The molecule has 0 aliphatic carbocycles. The normalized spacial score (nSPS) is 10.6. The first-order valence-electron chi connectivity index (χ1n) is 4.34. The fourth-order valence-electron chi connectivity index (χ4n) is 1.15. The number of benzene rings is 1. The molecular formula is C9H7ClF4IN3O. The van der Waals surface area contributed by atoms with Gasteiger partial charge in [0.1, 0.15) is 5.82 Å². The van der Waals surface area contributed by atoms with Crippen molar-refractivity contribution in [3.05, 3.63) is 32.6 Å². The van der Waals surface area contributed by atoms with Crippen LogP contribution in [0.4, 0.5) is 17.6 Å². The van der Waals surface area contributed by atoms with Gasteiger partial charge in [-0.05, 0) is 34.7 Å². The molecule has 0 bridgehead atoms. The summed E-state index contributed by atoms with van der Waals surface area (Å²) in [6, 6.07) is 1.52. The average Bonchev–Trinajstić information content (AvgIpc) is 2.18. The predicted octanol–water partition coefficient (Wildman–Crippen LogP) is 2.49. The van der Waals surface area contributed by atoms with Gasteiger partial charge < -0.3 is 5.73 Å². The molecule has 0 aromatic heterocycles. The zero-order valence-electron chi connectivity index (χ0n) is 8.94. The van der Waals surface area contributed by atoms with Gasteiger partial charge in [0.15, 0.2) is 5.96 Å². The quantitative estimate of drug-likeness (QED) is 0.287. The van der Waals surface area contributed by atoms with E-state index in [9.17, 15) is 22.4 Å². The lowest BCUT2D eigenvalue weighted by Gasteiger charge is -2.12. The Hall–Kier alpha value is -1.10. The third-order valence-electron chi connectivity index (χ3n) is 1.84. The van der Waals surface area contributed by atoms with Gasteiger partial charge in [-0.2, -0.15) is 13.2 Å². The van der Waals surface area contributed by atoms with Crippen LogP contribution >= 0.6 is 35.0 Å². The Bertz CT molecular complexity index is 521. The van der Waals surface area contributed by atoms with Crippen molar-refractivity contribution in [2.75, 3.05) is 0 Å². The first kappa shape index (κ1) is 17.9. The zero-order valence-corrected chi connectivity index (χ0v) is 11.9.